The number of sulfonamides is 1. The Balaban J connectivity index is 2.39. The van der Waals surface area contributed by atoms with Crippen molar-refractivity contribution >= 4 is 38.2 Å². The SMILES string of the molecule is C=C=CN(C/C(=C\I)c1ccccc1)S(=O)(=O)c1ccc(C)cc1. The maximum Gasteiger partial charge on any atom is 0.264 e. The van der Waals surface area contributed by atoms with Crippen molar-refractivity contribution in [2.75, 3.05) is 6.54 Å². The molecule has 0 aliphatic heterocycles. The first-order valence-electron chi connectivity index (χ1n) is 7.28. The van der Waals surface area contributed by atoms with E-state index in [1.165, 1.54) is 10.5 Å². The minimum absolute atomic E-state index is 0.214. The smallest absolute Gasteiger partial charge is 0.261 e. The molecule has 0 aliphatic carbocycles. The van der Waals surface area contributed by atoms with Gasteiger partial charge < -0.3 is 0 Å². The molecule has 5 heteroatoms. The van der Waals surface area contributed by atoms with E-state index >= 15 is 0 Å². The summed E-state index contributed by atoms with van der Waals surface area (Å²) in [6.07, 6.45) is 1.37. The van der Waals surface area contributed by atoms with Crippen LogP contribution in [0.15, 0.2) is 82.1 Å². The molecule has 0 unspecified atom stereocenters. The summed E-state index contributed by atoms with van der Waals surface area (Å²) < 4.78 is 29.0. The zero-order chi connectivity index (χ0) is 17.6. The maximum atomic E-state index is 12.9. The van der Waals surface area contributed by atoms with Crippen LogP contribution < -0.4 is 0 Å². The van der Waals surface area contributed by atoms with Crippen LogP contribution >= 0.6 is 22.6 Å². The van der Waals surface area contributed by atoms with Crippen LogP contribution in [0.25, 0.3) is 5.57 Å². The van der Waals surface area contributed by atoms with Gasteiger partial charge in [-0.1, -0.05) is 77.2 Å². The third-order valence-electron chi connectivity index (χ3n) is 3.47. The zero-order valence-corrected chi connectivity index (χ0v) is 16.3. The van der Waals surface area contributed by atoms with Gasteiger partial charge in [-0.3, -0.25) is 4.31 Å². The van der Waals surface area contributed by atoms with Gasteiger partial charge in [-0.2, -0.15) is 0 Å². The van der Waals surface area contributed by atoms with E-state index < -0.39 is 10.0 Å². The van der Waals surface area contributed by atoms with E-state index in [1.807, 2.05) is 41.3 Å². The highest BCUT2D eigenvalue weighted by Gasteiger charge is 2.22. The van der Waals surface area contributed by atoms with Crippen molar-refractivity contribution in [3.63, 3.8) is 0 Å². The zero-order valence-electron chi connectivity index (χ0n) is 13.3. The van der Waals surface area contributed by atoms with Crippen LogP contribution in [0.1, 0.15) is 11.1 Å². The van der Waals surface area contributed by atoms with Gasteiger partial charge in [0.1, 0.15) is 0 Å². The average Bonchev–Trinajstić information content (AvgIpc) is 2.59. The van der Waals surface area contributed by atoms with Gasteiger partial charge in [0.05, 0.1) is 17.6 Å². The molecule has 124 valence electrons. The summed E-state index contributed by atoms with van der Waals surface area (Å²) in [5.74, 6) is 0. The molecule has 0 N–H and O–H groups in total. The molecule has 0 fully saturated rings. The fraction of sp³-hybridized carbons (Fsp3) is 0.105. The summed E-state index contributed by atoms with van der Waals surface area (Å²) in [6, 6.07) is 16.5. The standard InChI is InChI=1S/C19H18INO2S/c1-3-13-21(15-18(14-20)17-7-5-4-6-8-17)24(22,23)19-11-9-16(2)10-12-19/h4-14H,1,15H2,2H3/b18-14+. The number of nitrogens with zero attached hydrogens (tertiary/aromatic N) is 1. The molecular formula is C19H18INO2S. The number of benzene rings is 2. The molecule has 24 heavy (non-hydrogen) atoms. The molecular weight excluding hydrogens is 433 g/mol. The van der Waals surface area contributed by atoms with Crippen LogP contribution in [-0.2, 0) is 10.0 Å². The summed E-state index contributed by atoms with van der Waals surface area (Å²) in [7, 11) is -3.66. The number of aryl methyl sites for hydroxylation is 1. The van der Waals surface area contributed by atoms with E-state index in [0.717, 1.165) is 16.7 Å². The average molecular weight is 451 g/mol. The number of halogens is 1. The molecule has 0 aliphatic rings. The molecule has 3 nitrogen and oxygen atoms in total. The molecule has 0 aromatic heterocycles. The molecule has 0 saturated heterocycles. The van der Waals surface area contributed by atoms with E-state index in [1.54, 1.807) is 24.3 Å². The molecule has 0 radical (unpaired) electrons. The van der Waals surface area contributed by atoms with E-state index in [9.17, 15) is 8.42 Å². The van der Waals surface area contributed by atoms with Gasteiger partial charge in [0.2, 0.25) is 0 Å². The minimum atomic E-state index is -3.66. The van der Waals surface area contributed by atoms with Crippen molar-refractivity contribution in [2.24, 2.45) is 0 Å². The monoisotopic (exact) mass is 451 g/mol. The predicted octanol–water partition coefficient (Wildman–Crippen LogP) is 4.76. The lowest BCUT2D eigenvalue weighted by Crippen LogP contribution is -2.27. The van der Waals surface area contributed by atoms with E-state index in [4.69, 9.17) is 0 Å². The Bertz CT molecular complexity index is 865. The fourth-order valence-electron chi connectivity index (χ4n) is 2.16. The lowest BCUT2D eigenvalue weighted by atomic mass is 10.1. The highest BCUT2D eigenvalue weighted by atomic mass is 127. The first-order valence-corrected chi connectivity index (χ1v) is 9.96. The Labute approximate surface area is 157 Å². The third-order valence-corrected chi connectivity index (χ3v) is 5.94. The van der Waals surface area contributed by atoms with Crippen LogP contribution in [0.2, 0.25) is 0 Å². The van der Waals surface area contributed by atoms with Crippen molar-refractivity contribution in [1.82, 2.24) is 4.31 Å². The summed E-state index contributed by atoms with van der Waals surface area (Å²) >= 11 is 2.13. The highest BCUT2D eigenvalue weighted by Crippen LogP contribution is 2.23. The number of rotatable bonds is 6. The molecule has 0 bridgehead atoms. The molecule has 0 heterocycles. The van der Waals surface area contributed by atoms with E-state index in [0.29, 0.717) is 0 Å². The normalized spacial score (nSPS) is 11.7. The van der Waals surface area contributed by atoms with Crippen molar-refractivity contribution in [2.45, 2.75) is 11.8 Å². The van der Waals surface area contributed by atoms with Crippen LogP contribution in [0.4, 0.5) is 0 Å². The van der Waals surface area contributed by atoms with Crippen molar-refractivity contribution in [3.05, 3.63) is 88.3 Å². The van der Waals surface area contributed by atoms with Crippen LogP contribution in [0, 0.1) is 6.92 Å². The van der Waals surface area contributed by atoms with Crippen LogP contribution in [-0.4, -0.2) is 19.3 Å². The van der Waals surface area contributed by atoms with E-state index in [2.05, 4.69) is 34.9 Å². The molecule has 2 rings (SSSR count). The summed E-state index contributed by atoms with van der Waals surface area (Å²) in [6.45, 7) is 5.65. The van der Waals surface area contributed by atoms with Gasteiger partial charge in [0.25, 0.3) is 10.0 Å². The van der Waals surface area contributed by atoms with Gasteiger partial charge in [0.15, 0.2) is 0 Å². The van der Waals surface area contributed by atoms with E-state index in [-0.39, 0.29) is 11.4 Å². The number of hydrogen-bond acceptors (Lipinski definition) is 2. The summed E-state index contributed by atoms with van der Waals surface area (Å²) in [5, 5.41) is 0. The topological polar surface area (TPSA) is 37.4 Å². The van der Waals surface area contributed by atoms with Crippen molar-refractivity contribution in [1.29, 1.82) is 0 Å². The molecule has 0 amide bonds. The lowest BCUT2D eigenvalue weighted by molar-refractivity contribution is 0.525. The quantitative estimate of drug-likeness (QED) is 0.469. The first kappa shape index (κ1) is 18.5. The summed E-state index contributed by atoms with van der Waals surface area (Å²) in [4.78, 5) is 0.250. The highest BCUT2D eigenvalue weighted by molar-refractivity contribution is 14.1. The third kappa shape index (κ3) is 4.38. The maximum absolute atomic E-state index is 12.9. The lowest BCUT2D eigenvalue weighted by Gasteiger charge is -2.21. The Morgan fingerprint density at radius 2 is 1.79 bits per heavy atom. The van der Waals surface area contributed by atoms with Crippen molar-refractivity contribution in [3.8, 4) is 0 Å². The van der Waals surface area contributed by atoms with Gasteiger partial charge in [0, 0.05) is 0 Å². The molecule has 2 aromatic rings. The Morgan fingerprint density at radius 3 is 2.33 bits per heavy atom. The predicted molar refractivity (Wildman–Crippen MR) is 107 cm³/mol. The van der Waals surface area contributed by atoms with Gasteiger partial charge >= 0.3 is 0 Å². The number of hydrogen-bond donors (Lipinski definition) is 0. The van der Waals surface area contributed by atoms with Crippen LogP contribution in [0.3, 0.4) is 0 Å². The Kier molecular flexibility index (Phi) is 6.43. The molecule has 2 aromatic carbocycles. The second-order valence-electron chi connectivity index (χ2n) is 5.20. The molecule has 0 spiro atoms. The largest absolute Gasteiger partial charge is 0.264 e. The van der Waals surface area contributed by atoms with Gasteiger partial charge in [-0.15, -0.1) is 5.73 Å². The molecule has 0 saturated carbocycles. The van der Waals surface area contributed by atoms with Gasteiger partial charge in [-0.25, -0.2) is 8.42 Å². The Hall–Kier alpha value is -1.82. The Morgan fingerprint density at radius 1 is 1.17 bits per heavy atom. The second kappa shape index (κ2) is 8.33. The second-order valence-corrected chi connectivity index (χ2v) is 7.71. The van der Waals surface area contributed by atoms with Crippen molar-refractivity contribution < 1.29 is 8.42 Å². The van der Waals surface area contributed by atoms with Crippen LogP contribution in [0.5, 0.6) is 0 Å². The first-order chi connectivity index (χ1) is 11.5. The summed E-state index contributed by atoms with van der Waals surface area (Å²) in [5.41, 5.74) is 5.47. The minimum Gasteiger partial charge on any atom is -0.261 e. The van der Waals surface area contributed by atoms with Gasteiger partial charge in [-0.05, 0) is 34.3 Å². The molecule has 0 atom stereocenters. The fourth-order valence-corrected chi connectivity index (χ4v) is 3.99.